The summed E-state index contributed by atoms with van der Waals surface area (Å²) in [6, 6.07) is 3.74. The van der Waals surface area contributed by atoms with E-state index < -0.39 is 0 Å². The molecule has 0 aromatic carbocycles. The van der Waals surface area contributed by atoms with E-state index in [0.29, 0.717) is 12.8 Å². The first-order valence-corrected chi connectivity index (χ1v) is 4.69. The molecule has 0 saturated heterocycles. The third kappa shape index (κ3) is 3.55. The monoisotopic (exact) mass is 243 g/mol. The Balaban J connectivity index is 2.50. The van der Waals surface area contributed by atoms with Gasteiger partial charge in [0.25, 0.3) is 0 Å². The van der Waals surface area contributed by atoms with Crippen LogP contribution >= 0.6 is 15.9 Å². The summed E-state index contributed by atoms with van der Waals surface area (Å²) in [6.07, 6.45) is 2.70. The Morgan fingerprint density at radius 2 is 2.46 bits per heavy atom. The first-order chi connectivity index (χ1) is 6.22. The smallest absolute Gasteiger partial charge is 0.305 e. The molecule has 0 unspecified atom stereocenters. The second-order valence-electron chi connectivity index (χ2n) is 2.54. The van der Waals surface area contributed by atoms with Crippen molar-refractivity contribution in [3.63, 3.8) is 0 Å². The van der Waals surface area contributed by atoms with Gasteiger partial charge < -0.3 is 4.74 Å². The van der Waals surface area contributed by atoms with Crippen molar-refractivity contribution in [2.45, 2.75) is 12.8 Å². The molecule has 0 spiro atoms. The first-order valence-electron chi connectivity index (χ1n) is 3.89. The van der Waals surface area contributed by atoms with Gasteiger partial charge in [-0.2, -0.15) is 0 Å². The highest BCUT2D eigenvalue weighted by Crippen LogP contribution is 2.10. The van der Waals surface area contributed by atoms with Gasteiger partial charge in [-0.1, -0.05) is 15.9 Å². The Morgan fingerprint density at radius 1 is 1.69 bits per heavy atom. The van der Waals surface area contributed by atoms with Gasteiger partial charge in [0.2, 0.25) is 0 Å². The van der Waals surface area contributed by atoms with Crippen LogP contribution in [0.1, 0.15) is 12.1 Å². The highest BCUT2D eigenvalue weighted by atomic mass is 79.9. The summed E-state index contributed by atoms with van der Waals surface area (Å²) >= 11 is 3.33. The lowest BCUT2D eigenvalue weighted by atomic mass is 10.2. The van der Waals surface area contributed by atoms with Gasteiger partial charge in [-0.15, -0.1) is 0 Å². The fraction of sp³-hybridized carbons (Fsp3) is 0.333. The number of carbonyl (C=O) groups excluding carboxylic acids is 1. The van der Waals surface area contributed by atoms with Gasteiger partial charge in [0, 0.05) is 22.8 Å². The molecule has 0 aliphatic heterocycles. The zero-order valence-electron chi connectivity index (χ0n) is 7.29. The van der Waals surface area contributed by atoms with Crippen LogP contribution in [0.4, 0.5) is 0 Å². The Bertz CT molecular complexity index is 301. The fourth-order valence-corrected chi connectivity index (χ4v) is 1.30. The topological polar surface area (TPSA) is 39.2 Å². The molecule has 0 N–H and O–H groups in total. The number of nitrogens with zero attached hydrogens (tertiary/aromatic N) is 1. The molecule has 3 nitrogen and oxygen atoms in total. The third-order valence-corrected chi connectivity index (χ3v) is 2.08. The molecule has 0 amide bonds. The zero-order valence-corrected chi connectivity index (χ0v) is 8.87. The van der Waals surface area contributed by atoms with Crippen LogP contribution in [0.3, 0.4) is 0 Å². The van der Waals surface area contributed by atoms with Crippen LogP contribution in [0.25, 0.3) is 0 Å². The molecule has 1 rings (SSSR count). The maximum absolute atomic E-state index is 10.8. The summed E-state index contributed by atoms with van der Waals surface area (Å²) in [5.74, 6) is -0.207. The SMILES string of the molecule is COC(=O)CCc1cc(Br)ccn1. The van der Waals surface area contributed by atoms with Gasteiger partial charge in [-0.25, -0.2) is 0 Å². The summed E-state index contributed by atoms with van der Waals surface area (Å²) in [7, 11) is 1.39. The zero-order chi connectivity index (χ0) is 9.68. The van der Waals surface area contributed by atoms with Crippen LogP contribution in [0, 0.1) is 0 Å². The number of hydrogen-bond acceptors (Lipinski definition) is 3. The third-order valence-electron chi connectivity index (χ3n) is 1.59. The van der Waals surface area contributed by atoms with Crippen LogP contribution < -0.4 is 0 Å². The summed E-state index contributed by atoms with van der Waals surface area (Å²) in [6.45, 7) is 0. The van der Waals surface area contributed by atoms with Crippen molar-refractivity contribution in [3.05, 3.63) is 28.5 Å². The van der Waals surface area contributed by atoms with Crippen molar-refractivity contribution < 1.29 is 9.53 Å². The second kappa shape index (κ2) is 4.97. The van der Waals surface area contributed by atoms with Crippen molar-refractivity contribution in [2.24, 2.45) is 0 Å². The van der Waals surface area contributed by atoms with Gasteiger partial charge in [-0.05, 0) is 12.1 Å². The molecule has 1 aromatic rings. The predicted octanol–water partition coefficient (Wildman–Crippen LogP) is 1.95. The van der Waals surface area contributed by atoms with E-state index in [9.17, 15) is 4.79 Å². The van der Waals surface area contributed by atoms with E-state index in [1.54, 1.807) is 6.20 Å². The average molecular weight is 244 g/mol. The van der Waals surface area contributed by atoms with Gasteiger partial charge in [0.05, 0.1) is 13.5 Å². The summed E-state index contributed by atoms with van der Waals surface area (Å²) in [4.78, 5) is 14.9. The number of esters is 1. The van der Waals surface area contributed by atoms with Crippen LogP contribution in [-0.4, -0.2) is 18.1 Å². The minimum Gasteiger partial charge on any atom is -0.469 e. The minimum absolute atomic E-state index is 0.207. The second-order valence-corrected chi connectivity index (χ2v) is 3.46. The summed E-state index contributed by atoms with van der Waals surface area (Å²) in [5, 5.41) is 0. The Morgan fingerprint density at radius 3 is 3.08 bits per heavy atom. The van der Waals surface area contributed by atoms with Gasteiger partial charge in [-0.3, -0.25) is 9.78 Å². The van der Waals surface area contributed by atoms with Gasteiger partial charge in [0.15, 0.2) is 0 Å². The van der Waals surface area contributed by atoms with E-state index in [2.05, 4.69) is 25.7 Å². The Hall–Kier alpha value is -0.900. The van der Waals surface area contributed by atoms with E-state index in [0.717, 1.165) is 10.2 Å². The number of methoxy groups -OCH3 is 1. The maximum Gasteiger partial charge on any atom is 0.305 e. The Labute approximate surface area is 85.3 Å². The lowest BCUT2D eigenvalue weighted by Crippen LogP contribution is -2.02. The summed E-state index contributed by atoms with van der Waals surface area (Å²) < 4.78 is 5.50. The molecule has 0 aliphatic rings. The predicted molar refractivity (Wildman–Crippen MR) is 52.3 cm³/mol. The maximum atomic E-state index is 10.8. The van der Waals surface area contributed by atoms with Gasteiger partial charge in [0.1, 0.15) is 0 Å². The molecule has 4 heteroatoms. The lowest BCUT2D eigenvalue weighted by Gasteiger charge is -1.99. The molecular formula is C9H10BrNO2. The van der Waals surface area contributed by atoms with Crippen molar-refractivity contribution in [3.8, 4) is 0 Å². The molecule has 1 aromatic heterocycles. The van der Waals surface area contributed by atoms with E-state index in [1.165, 1.54) is 7.11 Å². The lowest BCUT2D eigenvalue weighted by molar-refractivity contribution is -0.140. The molecule has 0 radical (unpaired) electrons. The number of aromatic nitrogens is 1. The molecule has 0 saturated carbocycles. The van der Waals surface area contributed by atoms with E-state index in [-0.39, 0.29) is 5.97 Å². The van der Waals surface area contributed by atoms with Crippen molar-refractivity contribution in [1.29, 1.82) is 0 Å². The minimum atomic E-state index is -0.207. The number of ether oxygens (including phenoxy) is 1. The number of pyridine rings is 1. The fourth-order valence-electron chi connectivity index (χ4n) is 0.918. The van der Waals surface area contributed by atoms with Crippen LogP contribution in [0.2, 0.25) is 0 Å². The van der Waals surface area contributed by atoms with Crippen molar-refractivity contribution in [1.82, 2.24) is 4.98 Å². The molecule has 0 aliphatic carbocycles. The average Bonchev–Trinajstić information content (AvgIpc) is 2.14. The van der Waals surface area contributed by atoms with Gasteiger partial charge >= 0.3 is 5.97 Å². The molecular weight excluding hydrogens is 234 g/mol. The van der Waals surface area contributed by atoms with Crippen LogP contribution in [-0.2, 0) is 16.0 Å². The molecule has 13 heavy (non-hydrogen) atoms. The number of carbonyl (C=O) groups is 1. The van der Waals surface area contributed by atoms with E-state index >= 15 is 0 Å². The number of rotatable bonds is 3. The number of halogens is 1. The molecule has 1 heterocycles. The van der Waals surface area contributed by atoms with Crippen LogP contribution in [0.5, 0.6) is 0 Å². The summed E-state index contributed by atoms with van der Waals surface area (Å²) in [5.41, 5.74) is 0.889. The largest absolute Gasteiger partial charge is 0.469 e. The van der Waals surface area contributed by atoms with E-state index in [4.69, 9.17) is 0 Å². The molecule has 0 bridgehead atoms. The normalized spacial score (nSPS) is 9.69. The van der Waals surface area contributed by atoms with E-state index in [1.807, 2.05) is 12.1 Å². The number of aryl methyl sites for hydroxylation is 1. The molecule has 0 atom stereocenters. The quantitative estimate of drug-likeness (QED) is 0.763. The van der Waals surface area contributed by atoms with Crippen molar-refractivity contribution in [2.75, 3.05) is 7.11 Å². The highest BCUT2D eigenvalue weighted by molar-refractivity contribution is 9.10. The van der Waals surface area contributed by atoms with Crippen molar-refractivity contribution >= 4 is 21.9 Å². The molecule has 0 fully saturated rings. The first kappa shape index (κ1) is 10.2. The number of hydrogen-bond donors (Lipinski definition) is 0. The highest BCUT2D eigenvalue weighted by Gasteiger charge is 2.02. The Kier molecular flexibility index (Phi) is 3.89. The molecule has 70 valence electrons. The van der Waals surface area contributed by atoms with Crippen LogP contribution in [0.15, 0.2) is 22.8 Å². The standard InChI is InChI=1S/C9H10BrNO2/c1-13-9(12)3-2-8-6-7(10)4-5-11-8/h4-6H,2-3H2,1H3.